The smallest absolute Gasteiger partial charge is 0 e. The molecular formula is C22H36B2N2Y2-4. The van der Waals surface area contributed by atoms with E-state index in [0.29, 0.717) is 0 Å². The van der Waals surface area contributed by atoms with Gasteiger partial charge in [-0.15, -0.1) is 13.6 Å². The average Bonchev–Trinajstić information content (AvgIpc) is 2.72. The van der Waals surface area contributed by atoms with Crippen LogP contribution in [0.2, 0.25) is 13.6 Å². The minimum absolute atomic E-state index is 0. The quantitative estimate of drug-likeness (QED) is 0.262. The van der Waals surface area contributed by atoms with Gasteiger partial charge in [-0.1, -0.05) is 106 Å². The van der Waals surface area contributed by atoms with Gasteiger partial charge in [0.1, 0.15) is 0 Å². The van der Waals surface area contributed by atoms with Crippen molar-refractivity contribution in [3.05, 3.63) is 96.3 Å². The molecule has 0 saturated carbocycles. The molecule has 6 heteroatoms. The van der Waals surface area contributed by atoms with Gasteiger partial charge in [-0.25, -0.2) is 0 Å². The largest absolute Gasteiger partial charge is 0.810 e. The molecular weight excluding hydrogens is 492 g/mol. The number of hydrogen-bond donors (Lipinski definition) is 0. The summed E-state index contributed by atoms with van der Waals surface area (Å²) < 4.78 is 12.9. The maximum atomic E-state index is 8.41. The monoisotopic (exact) mass is 532 g/mol. The van der Waals surface area contributed by atoms with E-state index in [9.17, 15) is 0 Å². The summed E-state index contributed by atoms with van der Waals surface area (Å²) in [7, 11) is -0.333. The second kappa shape index (κ2) is 45.7. The number of benzene rings is 2. The van der Waals surface area contributed by atoms with E-state index in [0.717, 1.165) is 23.6 Å². The van der Waals surface area contributed by atoms with Crippen molar-refractivity contribution in [1.82, 2.24) is 0 Å². The van der Waals surface area contributed by atoms with Crippen LogP contribution in [0.3, 0.4) is 0 Å². The molecule has 0 fully saturated rings. The maximum absolute atomic E-state index is 8.41. The van der Waals surface area contributed by atoms with Gasteiger partial charge in [0.15, 0.2) is 0 Å². The zero-order valence-electron chi connectivity index (χ0n) is 20.5. The van der Waals surface area contributed by atoms with Gasteiger partial charge in [0.25, 0.3) is 0 Å². The molecule has 0 atom stereocenters. The Balaban J connectivity index is -0.0000000618. The summed E-state index contributed by atoms with van der Waals surface area (Å²) in [6.45, 7) is 18.1. The molecule has 0 spiro atoms. The first-order chi connectivity index (χ1) is 13.3. The number of rotatable bonds is 2. The van der Waals surface area contributed by atoms with Gasteiger partial charge in [-0.3, -0.25) is 0 Å². The minimum atomic E-state index is -0.167. The van der Waals surface area contributed by atoms with Gasteiger partial charge >= 0.3 is 0 Å². The fraction of sp³-hybridized carbons (Fsp3) is 0.273. The molecule has 0 N–H and O–H groups in total. The third-order valence-electron chi connectivity index (χ3n) is 1.90. The molecule has 2 nitrogen and oxygen atoms in total. The van der Waals surface area contributed by atoms with Crippen LogP contribution in [0.1, 0.15) is 38.8 Å². The molecule has 0 aromatic heterocycles. The van der Waals surface area contributed by atoms with Crippen molar-refractivity contribution >= 4 is 26.9 Å². The standard InChI is InChI=1S/2C7H6N.2C2H6B.2C2H6.2Y/c2*8-6-7-4-2-1-3-5-7;2*1-3-2;2*1-2;;/h2*1-6H;2*3H,1H2,2H3;2*1-2H3;;/q4*-1;;;;/i;;2*3T;;;;. The summed E-state index contributed by atoms with van der Waals surface area (Å²) in [4.78, 5) is 0. The van der Waals surface area contributed by atoms with Crippen molar-refractivity contribution in [2.45, 2.75) is 41.3 Å². The van der Waals surface area contributed by atoms with Gasteiger partial charge in [-0.2, -0.15) is 12.4 Å². The molecule has 0 unspecified atom stereocenters. The van der Waals surface area contributed by atoms with Crippen molar-refractivity contribution in [3.8, 4) is 0 Å². The first-order valence-electron chi connectivity index (χ1n) is 10.0. The molecule has 0 amide bonds. The van der Waals surface area contributed by atoms with Crippen LogP contribution < -0.4 is 0 Å². The van der Waals surface area contributed by atoms with E-state index in [4.69, 9.17) is 13.5 Å². The summed E-state index contributed by atoms with van der Waals surface area (Å²) in [6, 6.07) is 18.7. The van der Waals surface area contributed by atoms with E-state index in [2.05, 4.69) is 13.6 Å². The Morgan fingerprint density at radius 1 is 0.679 bits per heavy atom. The van der Waals surface area contributed by atoms with Crippen molar-refractivity contribution < 1.29 is 65.4 Å². The van der Waals surface area contributed by atoms with Crippen molar-refractivity contribution in [1.29, 1.82) is 2.67 Å². The van der Waals surface area contributed by atoms with E-state index < -0.39 is 0 Å². The SMILES string of the molecule is CC.CC.[3H]B([CH2-])C.[3H]B([CH2-])C.[N-]=Cc1ccccc1.[N-]=Cc1ccccc1.[Y].[Y]. The predicted molar refractivity (Wildman–Crippen MR) is 129 cm³/mol. The average molecular weight is 532 g/mol. The number of nitrogens with zero attached hydrogens (tertiary/aromatic N) is 2. The van der Waals surface area contributed by atoms with Crippen LogP contribution in [-0.2, 0) is 65.4 Å². The Morgan fingerprint density at radius 3 is 0.964 bits per heavy atom. The summed E-state index contributed by atoms with van der Waals surface area (Å²) in [5.41, 5.74) is 1.68. The molecule has 0 aliphatic heterocycles. The fourth-order valence-electron chi connectivity index (χ4n) is 1.08. The second-order valence-corrected chi connectivity index (χ2v) is 3.90. The zero-order chi connectivity index (χ0) is 22.8. The third-order valence-corrected chi connectivity index (χ3v) is 1.90. The molecule has 0 saturated heterocycles. The zero-order valence-corrected chi connectivity index (χ0v) is 24.2. The molecule has 0 bridgehead atoms. The van der Waals surface area contributed by atoms with Crippen LogP contribution in [0, 0.1) is 13.6 Å². The van der Waals surface area contributed by atoms with E-state index in [1.54, 1.807) is 13.6 Å². The second-order valence-electron chi connectivity index (χ2n) is 3.90. The van der Waals surface area contributed by atoms with Gasteiger partial charge < -0.3 is 24.5 Å². The molecule has 28 heavy (non-hydrogen) atoms. The number of hydrogen-bond acceptors (Lipinski definition) is 0. The van der Waals surface area contributed by atoms with Gasteiger partial charge in [0, 0.05) is 65.4 Å². The third kappa shape index (κ3) is 40.7. The summed E-state index contributed by atoms with van der Waals surface area (Å²) in [5, 5.41) is 16.8. The first-order valence-corrected chi connectivity index (χ1v) is 8.89. The molecule has 2 aromatic rings. The van der Waals surface area contributed by atoms with Crippen LogP contribution in [-0.4, -0.2) is 29.6 Å². The maximum Gasteiger partial charge on any atom is 0 e. The van der Waals surface area contributed by atoms with Crippen LogP contribution in [0.4, 0.5) is 0 Å². The fourth-order valence-corrected chi connectivity index (χ4v) is 1.08. The molecule has 150 valence electrons. The Bertz CT molecular complexity index is 478. The van der Waals surface area contributed by atoms with Gasteiger partial charge in [0.05, 0.1) is 0 Å². The first kappa shape index (κ1) is 35.5. The Kier molecular flexibility index (Phi) is 58.0. The van der Waals surface area contributed by atoms with Crippen LogP contribution >= 0.6 is 0 Å². The van der Waals surface area contributed by atoms with Gasteiger partial charge in [0.2, 0.25) is 0 Å². The molecule has 2 radical (unpaired) electrons. The molecule has 0 aliphatic carbocycles. The molecule has 0 heterocycles. The molecule has 2 rings (SSSR count). The summed E-state index contributed by atoms with van der Waals surface area (Å²) in [6.07, 6.45) is 2.17. The van der Waals surface area contributed by atoms with Gasteiger partial charge in [-0.05, 0) is 11.1 Å². The van der Waals surface area contributed by atoms with E-state index in [-0.39, 0.29) is 79.9 Å². The minimum Gasteiger partial charge on any atom is -0.810 e. The van der Waals surface area contributed by atoms with E-state index >= 15 is 0 Å². The topological polar surface area (TPSA) is 44.6 Å². The predicted octanol–water partition coefficient (Wildman–Crippen LogP) is 5.92. The van der Waals surface area contributed by atoms with E-state index in [1.807, 2.05) is 88.4 Å². The van der Waals surface area contributed by atoms with Crippen LogP contribution in [0.5, 0.6) is 0 Å². The molecule has 0 aliphatic rings. The Hall–Kier alpha value is 0.118. The van der Waals surface area contributed by atoms with Crippen molar-refractivity contribution in [3.63, 3.8) is 0 Å². The summed E-state index contributed by atoms with van der Waals surface area (Å²) in [5.74, 6) is 0. The van der Waals surface area contributed by atoms with Crippen molar-refractivity contribution in [2.24, 2.45) is 0 Å². The van der Waals surface area contributed by atoms with Crippen LogP contribution in [0.15, 0.2) is 60.7 Å². The normalized spacial score (nSPS) is 7.29. The van der Waals surface area contributed by atoms with Crippen LogP contribution in [0.25, 0.3) is 10.8 Å². The molecule has 2 aromatic carbocycles. The Labute approximate surface area is 230 Å². The van der Waals surface area contributed by atoms with E-state index in [1.165, 1.54) is 0 Å². The summed E-state index contributed by atoms with van der Waals surface area (Å²) >= 11 is 0. The van der Waals surface area contributed by atoms with Crippen molar-refractivity contribution in [2.75, 3.05) is 0 Å². The Morgan fingerprint density at radius 2 is 0.857 bits per heavy atom.